The van der Waals surface area contributed by atoms with Crippen LogP contribution < -0.4 is 0 Å². The Bertz CT molecular complexity index is 953. The summed E-state index contributed by atoms with van der Waals surface area (Å²) in [6.45, 7) is 1.22. The topological polar surface area (TPSA) is 25.2 Å². The van der Waals surface area contributed by atoms with E-state index in [4.69, 9.17) is 11.6 Å². The molecule has 0 radical (unpaired) electrons. The molecule has 0 atom stereocenters. The fraction of sp³-hybridized carbons (Fsp3) is 0.286. The molecule has 1 aromatic heterocycles. The first kappa shape index (κ1) is 17.1. The van der Waals surface area contributed by atoms with E-state index in [2.05, 4.69) is 36.0 Å². The Labute approximate surface area is 157 Å². The molecule has 0 saturated carbocycles. The summed E-state index contributed by atoms with van der Waals surface area (Å²) < 4.78 is 16.2. The number of piperidine rings is 1. The molecule has 1 fully saturated rings. The minimum absolute atomic E-state index is 0.0159. The second kappa shape index (κ2) is 6.76. The van der Waals surface area contributed by atoms with Gasteiger partial charge in [-0.25, -0.2) is 4.39 Å². The summed E-state index contributed by atoms with van der Waals surface area (Å²) >= 11 is 6.05. The van der Waals surface area contributed by atoms with E-state index in [1.807, 2.05) is 6.07 Å². The highest BCUT2D eigenvalue weighted by molar-refractivity contribution is 6.33. The summed E-state index contributed by atoms with van der Waals surface area (Å²) in [5, 5.41) is 1.45. The number of carbonyl (C=O) groups excluding carboxylic acids is 1. The molecule has 1 amide bonds. The number of halogens is 2. The minimum atomic E-state index is -0.557. The van der Waals surface area contributed by atoms with Crippen molar-refractivity contribution in [2.45, 2.75) is 18.8 Å². The Balaban J connectivity index is 1.53. The average molecular weight is 371 g/mol. The predicted octanol–water partition coefficient (Wildman–Crippen LogP) is 4.99. The number of rotatable bonds is 2. The van der Waals surface area contributed by atoms with Gasteiger partial charge in [0, 0.05) is 37.2 Å². The van der Waals surface area contributed by atoms with Crippen molar-refractivity contribution in [1.82, 2.24) is 9.47 Å². The fourth-order valence-corrected chi connectivity index (χ4v) is 4.20. The maximum atomic E-state index is 14.0. The molecule has 134 valence electrons. The van der Waals surface area contributed by atoms with E-state index in [9.17, 15) is 9.18 Å². The Morgan fingerprint density at radius 2 is 1.85 bits per heavy atom. The number of hydrogen-bond donors (Lipinski definition) is 0. The van der Waals surface area contributed by atoms with E-state index in [0.29, 0.717) is 19.0 Å². The van der Waals surface area contributed by atoms with Crippen LogP contribution in [-0.4, -0.2) is 28.5 Å². The lowest BCUT2D eigenvalue weighted by Crippen LogP contribution is -2.38. The number of fused-ring (bicyclic) bond motifs is 1. The monoisotopic (exact) mass is 370 g/mol. The van der Waals surface area contributed by atoms with Gasteiger partial charge in [-0.05, 0) is 42.5 Å². The first-order chi connectivity index (χ1) is 12.6. The standard InChI is InChI=1S/C21H20ClFN2O/c1-24-13-16(15-5-2-3-8-19(15)24)14-9-11-25(12-10-14)21(26)20-17(22)6-4-7-18(20)23/h2-8,13-14H,9-12H2,1H3. The normalized spacial score (nSPS) is 15.6. The summed E-state index contributed by atoms with van der Waals surface area (Å²) in [5.74, 6) is -0.468. The summed E-state index contributed by atoms with van der Waals surface area (Å²) in [5.41, 5.74) is 2.54. The van der Waals surface area contributed by atoms with Gasteiger partial charge in [0.05, 0.1) is 10.6 Å². The fourth-order valence-electron chi connectivity index (χ4n) is 3.95. The number of aryl methyl sites for hydroxylation is 1. The van der Waals surface area contributed by atoms with Crippen molar-refractivity contribution < 1.29 is 9.18 Å². The largest absolute Gasteiger partial charge is 0.350 e. The summed E-state index contributed by atoms with van der Waals surface area (Å²) in [6.07, 6.45) is 3.93. The molecule has 3 nitrogen and oxygen atoms in total. The van der Waals surface area contributed by atoms with E-state index in [1.54, 1.807) is 11.0 Å². The predicted molar refractivity (Wildman–Crippen MR) is 102 cm³/mol. The molecule has 1 saturated heterocycles. The van der Waals surface area contributed by atoms with Crippen LogP contribution in [-0.2, 0) is 7.05 Å². The lowest BCUT2D eigenvalue weighted by atomic mass is 9.89. The Morgan fingerprint density at radius 1 is 1.12 bits per heavy atom. The van der Waals surface area contributed by atoms with Crippen molar-refractivity contribution in [2.24, 2.45) is 7.05 Å². The van der Waals surface area contributed by atoms with Gasteiger partial charge in [-0.15, -0.1) is 0 Å². The van der Waals surface area contributed by atoms with Gasteiger partial charge in [-0.1, -0.05) is 35.9 Å². The van der Waals surface area contributed by atoms with E-state index in [0.717, 1.165) is 12.8 Å². The van der Waals surface area contributed by atoms with Crippen molar-refractivity contribution in [3.63, 3.8) is 0 Å². The van der Waals surface area contributed by atoms with E-state index in [1.165, 1.54) is 28.6 Å². The van der Waals surface area contributed by atoms with Gasteiger partial charge in [-0.3, -0.25) is 4.79 Å². The first-order valence-electron chi connectivity index (χ1n) is 8.83. The average Bonchev–Trinajstić information content (AvgIpc) is 2.99. The summed E-state index contributed by atoms with van der Waals surface area (Å²) in [4.78, 5) is 14.4. The number of para-hydroxylation sites is 1. The number of aromatic nitrogens is 1. The van der Waals surface area contributed by atoms with Crippen LogP contribution in [0.3, 0.4) is 0 Å². The third kappa shape index (κ3) is 2.88. The second-order valence-electron chi connectivity index (χ2n) is 6.88. The SMILES string of the molecule is Cn1cc(C2CCN(C(=O)c3c(F)cccc3Cl)CC2)c2ccccc21. The highest BCUT2D eigenvalue weighted by Crippen LogP contribution is 2.34. The van der Waals surface area contributed by atoms with Gasteiger partial charge in [0.1, 0.15) is 5.82 Å². The van der Waals surface area contributed by atoms with Crippen LogP contribution in [0.5, 0.6) is 0 Å². The molecule has 2 aromatic carbocycles. The molecule has 1 aliphatic rings. The number of amides is 1. The first-order valence-corrected chi connectivity index (χ1v) is 9.21. The molecule has 1 aliphatic heterocycles. The Kier molecular flexibility index (Phi) is 4.45. The molecule has 5 heteroatoms. The van der Waals surface area contributed by atoms with Crippen molar-refractivity contribution in [3.8, 4) is 0 Å². The smallest absolute Gasteiger partial charge is 0.258 e. The van der Waals surface area contributed by atoms with Crippen molar-refractivity contribution in [3.05, 3.63) is 70.6 Å². The van der Waals surface area contributed by atoms with E-state index >= 15 is 0 Å². The highest BCUT2D eigenvalue weighted by atomic mass is 35.5. The van der Waals surface area contributed by atoms with Gasteiger partial charge in [-0.2, -0.15) is 0 Å². The lowest BCUT2D eigenvalue weighted by Gasteiger charge is -2.32. The molecule has 0 aliphatic carbocycles. The van der Waals surface area contributed by atoms with Crippen LogP contribution in [0.4, 0.5) is 4.39 Å². The Morgan fingerprint density at radius 3 is 2.58 bits per heavy atom. The molecular formula is C21H20ClFN2O. The van der Waals surface area contributed by atoms with Crippen LogP contribution in [0.1, 0.15) is 34.7 Å². The van der Waals surface area contributed by atoms with E-state index in [-0.39, 0.29) is 16.5 Å². The molecule has 0 unspecified atom stereocenters. The van der Waals surface area contributed by atoms with Crippen LogP contribution in [0, 0.1) is 5.82 Å². The number of benzene rings is 2. The van der Waals surface area contributed by atoms with Gasteiger partial charge in [0.15, 0.2) is 0 Å². The molecule has 0 bridgehead atoms. The zero-order chi connectivity index (χ0) is 18.3. The number of carbonyl (C=O) groups is 1. The highest BCUT2D eigenvalue weighted by Gasteiger charge is 2.28. The van der Waals surface area contributed by atoms with Crippen LogP contribution in [0.15, 0.2) is 48.7 Å². The molecule has 0 N–H and O–H groups in total. The second-order valence-corrected chi connectivity index (χ2v) is 7.28. The van der Waals surface area contributed by atoms with Crippen LogP contribution in [0.2, 0.25) is 5.02 Å². The van der Waals surface area contributed by atoms with Gasteiger partial charge >= 0.3 is 0 Å². The third-order valence-electron chi connectivity index (χ3n) is 5.33. The van der Waals surface area contributed by atoms with Crippen molar-refractivity contribution >= 4 is 28.4 Å². The van der Waals surface area contributed by atoms with E-state index < -0.39 is 5.82 Å². The van der Waals surface area contributed by atoms with Gasteiger partial charge in [0.25, 0.3) is 5.91 Å². The molecule has 3 aromatic rings. The maximum Gasteiger partial charge on any atom is 0.258 e. The lowest BCUT2D eigenvalue weighted by molar-refractivity contribution is 0.0708. The third-order valence-corrected chi connectivity index (χ3v) is 5.64. The zero-order valence-corrected chi connectivity index (χ0v) is 15.3. The van der Waals surface area contributed by atoms with Gasteiger partial charge in [0.2, 0.25) is 0 Å². The quantitative estimate of drug-likeness (QED) is 0.623. The molecule has 4 rings (SSSR count). The number of nitrogens with zero attached hydrogens (tertiary/aromatic N) is 2. The minimum Gasteiger partial charge on any atom is -0.350 e. The zero-order valence-electron chi connectivity index (χ0n) is 14.6. The maximum absolute atomic E-state index is 14.0. The molecule has 2 heterocycles. The molecule has 0 spiro atoms. The number of likely N-dealkylation sites (tertiary alicyclic amines) is 1. The molecular weight excluding hydrogens is 351 g/mol. The van der Waals surface area contributed by atoms with Crippen molar-refractivity contribution in [2.75, 3.05) is 13.1 Å². The Hall–Kier alpha value is -2.33. The van der Waals surface area contributed by atoms with Crippen LogP contribution >= 0.6 is 11.6 Å². The summed E-state index contributed by atoms with van der Waals surface area (Å²) in [6, 6.07) is 12.7. The summed E-state index contributed by atoms with van der Waals surface area (Å²) in [7, 11) is 2.06. The number of hydrogen-bond acceptors (Lipinski definition) is 1. The van der Waals surface area contributed by atoms with Crippen LogP contribution in [0.25, 0.3) is 10.9 Å². The molecule has 26 heavy (non-hydrogen) atoms. The van der Waals surface area contributed by atoms with Gasteiger partial charge < -0.3 is 9.47 Å². The van der Waals surface area contributed by atoms with Crippen molar-refractivity contribution in [1.29, 1.82) is 0 Å².